The van der Waals surface area contributed by atoms with Crippen LogP contribution in [0.3, 0.4) is 0 Å². The number of nitrogens with one attached hydrogen (secondary N) is 1. The molecule has 0 saturated heterocycles. The molecule has 0 bridgehead atoms. The maximum Gasteiger partial charge on any atom is 0.449 e. The number of hydrogen-bond donors (Lipinski definition) is 1. The lowest BCUT2D eigenvalue weighted by Crippen LogP contribution is -2.06. The Hall–Kier alpha value is -1.52. The lowest BCUT2D eigenvalue weighted by Gasteiger charge is -1.98. The Morgan fingerprint density at radius 3 is 2.64 bits per heavy atom. The van der Waals surface area contributed by atoms with Crippen LogP contribution in [0.5, 0.6) is 0 Å². The largest absolute Gasteiger partial charge is 0.449 e. The third-order valence-corrected chi connectivity index (χ3v) is 1.81. The van der Waals surface area contributed by atoms with Gasteiger partial charge in [0.15, 0.2) is 0 Å². The molecule has 1 heterocycles. The predicted octanol–water partition coefficient (Wildman–Crippen LogP) is 2.76. The Morgan fingerprint density at radius 1 is 1.29 bits per heavy atom. The zero-order chi connectivity index (χ0) is 10.3. The average Bonchev–Trinajstić information content (AvgIpc) is 2.45. The van der Waals surface area contributed by atoms with Gasteiger partial charge in [-0.15, -0.1) is 0 Å². The van der Waals surface area contributed by atoms with E-state index in [2.05, 4.69) is 16.9 Å². The summed E-state index contributed by atoms with van der Waals surface area (Å²) in [7, 11) is 0. The van der Waals surface area contributed by atoms with Crippen LogP contribution in [-0.4, -0.2) is 9.97 Å². The lowest BCUT2D eigenvalue weighted by molar-refractivity contribution is -0.144. The predicted molar refractivity (Wildman–Crippen MR) is 45.6 cm³/mol. The van der Waals surface area contributed by atoms with Crippen LogP contribution in [0, 0.1) is 6.92 Å². The molecule has 1 radical (unpaired) electrons. The summed E-state index contributed by atoms with van der Waals surface area (Å²) in [5.41, 5.74) is 1.30. The molecule has 2 aromatic rings. The normalized spacial score (nSPS) is 12.3. The molecular weight excluding hydrogens is 193 g/mol. The van der Waals surface area contributed by atoms with Crippen LogP contribution in [0.15, 0.2) is 18.2 Å². The van der Waals surface area contributed by atoms with E-state index < -0.39 is 12.0 Å². The molecule has 0 aliphatic rings. The lowest BCUT2D eigenvalue weighted by atomic mass is 10.2. The second-order valence-corrected chi connectivity index (χ2v) is 2.93. The summed E-state index contributed by atoms with van der Waals surface area (Å²) in [5, 5.41) is 0. The number of imidazole rings is 1. The third kappa shape index (κ3) is 1.45. The molecule has 0 aliphatic heterocycles. The first-order valence-corrected chi connectivity index (χ1v) is 3.86. The maximum absolute atomic E-state index is 12.2. The number of H-pyrrole nitrogens is 1. The molecule has 2 nitrogen and oxygen atoms in total. The summed E-state index contributed by atoms with van der Waals surface area (Å²) in [6.45, 7) is 3.61. The molecule has 73 valence electrons. The monoisotopic (exact) mass is 199 g/mol. The molecular formula is C9H6F3N2. The Balaban J connectivity index is 2.63. The highest BCUT2D eigenvalue weighted by Crippen LogP contribution is 2.28. The molecule has 0 aliphatic carbocycles. The highest BCUT2D eigenvalue weighted by atomic mass is 19.4. The summed E-state index contributed by atoms with van der Waals surface area (Å²) >= 11 is 0. The fourth-order valence-corrected chi connectivity index (χ4v) is 1.19. The minimum atomic E-state index is -4.43. The number of aromatic amines is 1. The smallest absolute Gasteiger partial charge is 0.334 e. The number of fused-ring (bicyclic) bond motifs is 1. The molecule has 0 spiro atoms. The van der Waals surface area contributed by atoms with Gasteiger partial charge in [0.05, 0.1) is 11.0 Å². The van der Waals surface area contributed by atoms with E-state index in [1.54, 1.807) is 6.07 Å². The fourth-order valence-electron chi connectivity index (χ4n) is 1.19. The van der Waals surface area contributed by atoms with E-state index in [9.17, 15) is 13.2 Å². The van der Waals surface area contributed by atoms with Gasteiger partial charge in [0.1, 0.15) is 0 Å². The van der Waals surface area contributed by atoms with Gasteiger partial charge in [-0.2, -0.15) is 13.2 Å². The summed E-state index contributed by atoms with van der Waals surface area (Å²) in [5.74, 6) is -0.974. The van der Waals surface area contributed by atoms with Gasteiger partial charge in [0.25, 0.3) is 0 Å². The van der Waals surface area contributed by atoms with Crippen molar-refractivity contribution in [3.63, 3.8) is 0 Å². The highest BCUT2D eigenvalue weighted by Gasteiger charge is 2.34. The second kappa shape index (κ2) is 2.73. The Bertz CT molecular complexity index is 470. The summed E-state index contributed by atoms with van der Waals surface area (Å²) in [6.07, 6.45) is -4.43. The Morgan fingerprint density at radius 2 is 2.00 bits per heavy atom. The molecule has 0 atom stereocenters. The first-order chi connectivity index (χ1) is 6.47. The van der Waals surface area contributed by atoms with Crippen molar-refractivity contribution in [2.75, 3.05) is 0 Å². The molecule has 1 N–H and O–H groups in total. The van der Waals surface area contributed by atoms with Crippen LogP contribution in [0.25, 0.3) is 11.0 Å². The van der Waals surface area contributed by atoms with Crippen molar-refractivity contribution in [3.05, 3.63) is 36.5 Å². The standard InChI is InChI=1S/C9H6F3N2/c1-5-2-3-6-7(4-5)14-8(13-6)9(10,11)12/h2-4H,1H2,(H,13,14). The van der Waals surface area contributed by atoms with Crippen LogP contribution in [-0.2, 0) is 6.18 Å². The van der Waals surface area contributed by atoms with Crippen LogP contribution in [0.4, 0.5) is 13.2 Å². The zero-order valence-corrected chi connectivity index (χ0v) is 7.02. The van der Waals surface area contributed by atoms with E-state index >= 15 is 0 Å². The first-order valence-electron chi connectivity index (χ1n) is 3.86. The number of benzene rings is 1. The number of halogens is 3. The fraction of sp³-hybridized carbons (Fsp3) is 0.111. The number of rotatable bonds is 0. The van der Waals surface area contributed by atoms with Crippen LogP contribution in [0.1, 0.15) is 11.4 Å². The molecule has 1 aromatic heterocycles. The molecule has 0 unspecified atom stereocenters. The van der Waals surface area contributed by atoms with Gasteiger partial charge in [0, 0.05) is 0 Å². The minimum absolute atomic E-state index is 0.296. The molecule has 1 aromatic carbocycles. The van der Waals surface area contributed by atoms with E-state index in [4.69, 9.17) is 0 Å². The minimum Gasteiger partial charge on any atom is -0.334 e. The van der Waals surface area contributed by atoms with E-state index in [0.717, 1.165) is 0 Å². The zero-order valence-electron chi connectivity index (χ0n) is 7.02. The van der Waals surface area contributed by atoms with Crippen molar-refractivity contribution in [1.29, 1.82) is 0 Å². The number of aromatic nitrogens is 2. The van der Waals surface area contributed by atoms with Crippen LogP contribution < -0.4 is 0 Å². The second-order valence-electron chi connectivity index (χ2n) is 2.93. The third-order valence-electron chi connectivity index (χ3n) is 1.81. The van der Waals surface area contributed by atoms with Gasteiger partial charge < -0.3 is 4.98 Å². The van der Waals surface area contributed by atoms with Crippen LogP contribution >= 0.6 is 0 Å². The highest BCUT2D eigenvalue weighted by molar-refractivity contribution is 5.76. The van der Waals surface area contributed by atoms with Gasteiger partial charge >= 0.3 is 6.18 Å². The summed E-state index contributed by atoms with van der Waals surface area (Å²) in [4.78, 5) is 5.62. The van der Waals surface area contributed by atoms with Crippen molar-refractivity contribution in [1.82, 2.24) is 9.97 Å². The van der Waals surface area contributed by atoms with E-state index in [0.29, 0.717) is 16.6 Å². The van der Waals surface area contributed by atoms with Gasteiger partial charge in [-0.25, -0.2) is 4.98 Å². The quantitative estimate of drug-likeness (QED) is 0.694. The van der Waals surface area contributed by atoms with Gasteiger partial charge in [0.2, 0.25) is 5.82 Å². The van der Waals surface area contributed by atoms with Gasteiger partial charge in [-0.1, -0.05) is 6.07 Å². The summed E-state index contributed by atoms with van der Waals surface area (Å²) in [6, 6.07) is 4.64. The molecule has 0 fully saturated rings. The van der Waals surface area contributed by atoms with Crippen molar-refractivity contribution in [2.45, 2.75) is 6.18 Å². The van der Waals surface area contributed by atoms with Crippen molar-refractivity contribution in [2.24, 2.45) is 0 Å². The van der Waals surface area contributed by atoms with E-state index in [1.807, 2.05) is 0 Å². The van der Waals surface area contributed by atoms with Crippen molar-refractivity contribution >= 4 is 11.0 Å². The van der Waals surface area contributed by atoms with Crippen molar-refractivity contribution < 1.29 is 13.2 Å². The topological polar surface area (TPSA) is 28.7 Å². The number of hydrogen-bond acceptors (Lipinski definition) is 1. The summed E-state index contributed by atoms with van der Waals surface area (Å²) < 4.78 is 36.7. The Labute approximate surface area is 77.8 Å². The van der Waals surface area contributed by atoms with Crippen molar-refractivity contribution in [3.8, 4) is 0 Å². The molecule has 14 heavy (non-hydrogen) atoms. The Kier molecular flexibility index (Phi) is 1.77. The average molecular weight is 199 g/mol. The molecule has 5 heteroatoms. The van der Waals surface area contributed by atoms with Crippen LogP contribution in [0.2, 0.25) is 0 Å². The van der Waals surface area contributed by atoms with E-state index in [-0.39, 0.29) is 0 Å². The van der Waals surface area contributed by atoms with E-state index in [1.165, 1.54) is 12.1 Å². The number of alkyl halides is 3. The maximum atomic E-state index is 12.2. The first kappa shape index (κ1) is 9.05. The molecule has 2 rings (SSSR count). The molecule has 0 saturated carbocycles. The van der Waals surface area contributed by atoms with Gasteiger partial charge in [-0.05, 0) is 24.6 Å². The SMILES string of the molecule is [CH2]c1ccc2nc(C(F)(F)F)[nH]c2c1. The molecule has 0 amide bonds. The van der Waals surface area contributed by atoms with Gasteiger partial charge in [-0.3, -0.25) is 0 Å². The number of nitrogens with zero attached hydrogens (tertiary/aromatic N) is 1.